The molecule has 0 aromatic carbocycles. The van der Waals surface area contributed by atoms with Gasteiger partial charge in [0, 0.05) is 51.5 Å². The Hall–Kier alpha value is -0.690. The molecule has 2 rings (SSSR count). The summed E-state index contributed by atoms with van der Waals surface area (Å²) in [6, 6.07) is 0. The summed E-state index contributed by atoms with van der Waals surface area (Å²) >= 11 is 1.76. The van der Waals surface area contributed by atoms with Gasteiger partial charge in [-0.15, -0.1) is 11.3 Å². The van der Waals surface area contributed by atoms with E-state index in [1.54, 1.807) is 25.6 Å². The van der Waals surface area contributed by atoms with Gasteiger partial charge in [-0.2, -0.15) is 0 Å². The third kappa shape index (κ3) is 3.65. The lowest BCUT2D eigenvalue weighted by Gasteiger charge is -2.13. The summed E-state index contributed by atoms with van der Waals surface area (Å²) in [7, 11) is 3.49. The van der Waals surface area contributed by atoms with Crippen molar-refractivity contribution in [1.29, 1.82) is 0 Å². The number of anilines is 1. The standard InChI is InChI=1S/C12H21N3O2S/c1-16-6-4-13-7-11-8-14-12(18-11)15-5-3-10(9-15)17-2/h8,10,13H,3-7,9H2,1-2H3. The summed E-state index contributed by atoms with van der Waals surface area (Å²) in [5.74, 6) is 0. The molecule has 0 spiro atoms. The van der Waals surface area contributed by atoms with Crippen LogP contribution in [0, 0.1) is 0 Å². The molecule has 0 amide bonds. The molecular formula is C12H21N3O2S. The van der Waals surface area contributed by atoms with Gasteiger partial charge >= 0.3 is 0 Å². The number of ether oxygens (including phenoxy) is 2. The largest absolute Gasteiger partial charge is 0.383 e. The fourth-order valence-electron chi connectivity index (χ4n) is 2.01. The molecule has 18 heavy (non-hydrogen) atoms. The Kier molecular flexibility index (Phi) is 5.37. The molecule has 1 atom stereocenters. The van der Waals surface area contributed by atoms with Crippen molar-refractivity contribution in [3.05, 3.63) is 11.1 Å². The number of hydrogen-bond donors (Lipinski definition) is 1. The van der Waals surface area contributed by atoms with Crippen LogP contribution in [0.2, 0.25) is 0 Å². The number of hydrogen-bond acceptors (Lipinski definition) is 6. The van der Waals surface area contributed by atoms with E-state index in [0.29, 0.717) is 6.10 Å². The Morgan fingerprint density at radius 1 is 1.56 bits per heavy atom. The Labute approximate surface area is 112 Å². The molecular weight excluding hydrogens is 250 g/mol. The molecule has 1 saturated heterocycles. The minimum Gasteiger partial charge on any atom is -0.383 e. The van der Waals surface area contributed by atoms with E-state index in [0.717, 1.165) is 44.3 Å². The fourth-order valence-corrected chi connectivity index (χ4v) is 2.92. The predicted octanol–water partition coefficient (Wildman–Crippen LogP) is 1.10. The van der Waals surface area contributed by atoms with Crippen LogP contribution in [0.5, 0.6) is 0 Å². The summed E-state index contributed by atoms with van der Waals surface area (Å²) in [6.45, 7) is 4.48. The lowest BCUT2D eigenvalue weighted by molar-refractivity contribution is 0.121. The van der Waals surface area contributed by atoms with E-state index in [1.807, 2.05) is 6.20 Å². The molecule has 1 aliphatic heterocycles. The lowest BCUT2D eigenvalue weighted by atomic mass is 10.3. The molecule has 1 aromatic rings. The minimum absolute atomic E-state index is 0.358. The van der Waals surface area contributed by atoms with Crippen LogP contribution >= 0.6 is 11.3 Å². The van der Waals surface area contributed by atoms with E-state index < -0.39 is 0 Å². The van der Waals surface area contributed by atoms with Crippen LogP contribution in [0.15, 0.2) is 6.20 Å². The molecule has 0 aliphatic carbocycles. The molecule has 6 heteroatoms. The highest BCUT2D eigenvalue weighted by molar-refractivity contribution is 7.15. The molecule has 0 saturated carbocycles. The van der Waals surface area contributed by atoms with Crippen LogP contribution in [0.25, 0.3) is 0 Å². The van der Waals surface area contributed by atoms with E-state index in [-0.39, 0.29) is 0 Å². The van der Waals surface area contributed by atoms with E-state index in [4.69, 9.17) is 9.47 Å². The molecule has 1 fully saturated rings. The highest BCUT2D eigenvalue weighted by atomic mass is 32.1. The summed E-state index contributed by atoms with van der Waals surface area (Å²) in [6.07, 6.45) is 3.41. The highest BCUT2D eigenvalue weighted by Gasteiger charge is 2.24. The molecule has 1 N–H and O–H groups in total. The summed E-state index contributed by atoms with van der Waals surface area (Å²) in [5, 5.41) is 4.44. The molecule has 5 nitrogen and oxygen atoms in total. The number of rotatable bonds is 7. The smallest absolute Gasteiger partial charge is 0.185 e. The van der Waals surface area contributed by atoms with Gasteiger partial charge in [-0.3, -0.25) is 0 Å². The van der Waals surface area contributed by atoms with E-state index in [9.17, 15) is 0 Å². The van der Waals surface area contributed by atoms with Gasteiger partial charge in [-0.05, 0) is 6.42 Å². The maximum absolute atomic E-state index is 5.37. The van der Waals surface area contributed by atoms with E-state index >= 15 is 0 Å². The zero-order valence-corrected chi connectivity index (χ0v) is 11.8. The van der Waals surface area contributed by atoms with Gasteiger partial charge in [-0.1, -0.05) is 0 Å². The Morgan fingerprint density at radius 3 is 3.17 bits per heavy atom. The molecule has 1 aliphatic rings. The van der Waals surface area contributed by atoms with Gasteiger partial charge in [0.2, 0.25) is 0 Å². The van der Waals surface area contributed by atoms with Crippen molar-refractivity contribution in [2.45, 2.75) is 19.1 Å². The van der Waals surface area contributed by atoms with Crippen LogP contribution in [0.4, 0.5) is 5.13 Å². The highest BCUT2D eigenvalue weighted by Crippen LogP contribution is 2.26. The number of nitrogens with one attached hydrogen (secondary N) is 1. The van der Waals surface area contributed by atoms with Crippen molar-refractivity contribution >= 4 is 16.5 Å². The number of nitrogens with zero attached hydrogens (tertiary/aromatic N) is 2. The number of methoxy groups -OCH3 is 2. The lowest BCUT2D eigenvalue weighted by Crippen LogP contribution is -2.21. The van der Waals surface area contributed by atoms with Gasteiger partial charge in [0.05, 0.1) is 12.7 Å². The molecule has 1 aromatic heterocycles. The summed E-state index contributed by atoms with van der Waals surface area (Å²) < 4.78 is 10.4. The van der Waals surface area contributed by atoms with E-state index in [1.165, 1.54) is 4.88 Å². The monoisotopic (exact) mass is 271 g/mol. The van der Waals surface area contributed by atoms with Gasteiger partial charge in [0.25, 0.3) is 0 Å². The van der Waals surface area contributed by atoms with Crippen molar-refractivity contribution in [2.75, 3.05) is 45.4 Å². The first-order valence-electron chi connectivity index (χ1n) is 6.25. The van der Waals surface area contributed by atoms with Gasteiger partial charge in [0.15, 0.2) is 5.13 Å². The topological polar surface area (TPSA) is 46.6 Å². The Bertz CT molecular complexity index is 359. The van der Waals surface area contributed by atoms with Crippen molar-refractivity contribution < 1.29 is 9.47 Å². The molecule has 0 radical (unpaired) electrons. The zero-order chi connectivity index (χ0) is 12.8. The Balaban J connectivity index is 1.79. The van der Waals surface area contributed by atoms with Crippen molar-refractivity contribution in [3.63, 3.8) is 0 Å². The average molecular weight is 271 g/mol. The first-order valence-corrected chi connectivity index (χ1v) is 7.07. The molecule has 0 bridgehead atoms. The van der Waals surface area contributed by atoms with Gasteiger partial charge in [-0.25, -0.2) is 4.98 Å². The second-order valence-electron chi connectivity index (χ2n) is 4.37. The second-order valence-corrected chi connectivity index (χ2v) is 5.46. The first-order chi connectivity index (χ1) is 8.83. The summed E-state index contributed by atoms with van der Waals surface area (Å²) in [4.78, 5) is 8.05. The number of aromatic nitrogens is 1. The predicted molar refractivity (Wildman–Crippen MR) is 73.3 cm³/mol. The maximum atomic E-state index is 5.37. The van der Waals surface area contributed by atoms with Crippen LogP contribution in [0.3, 0.4) is 0 Å². The third-order valence-electron chi connectivity index (χ3n) is 3.07. The third-order valence-corrected chi connectivity index (χ3v) is 4.13. The first kappa shape index (κ1) is 13.7. The normalized spacial score (nSPS) is 19.7. The summed E-state index contributed by atoms with van der Waals surface area (Å²) in [5.41, 5.74) is 0. The minimum atomic E-state index is 0.358. The average Bonchev–Trinajstić information content (AvgIpc) is 3.03. The quantitative estimate of drug-likeness (QED) is 0.753. The van der Waals surface area contributed by atoms with Crippen molar-refractivity contribution in [1.82, 2.24) is 10.3 Å². The van der Waals surface area contributed by atoms with Crippen LogP contribution in [0.1, 0.15) is 11.3 Å². The SMILES string of the molecule is COCCNCc1cnc(N2CCC(OC)C2)s1. The van der Waals surface area contributed by atoms with Gasteiger partial charge in [0.1, 0.15) is 0 Å². The molecule has 1 unspecified atom stereocenters. The van der Waals surface area contributed by atoms with Crippen LogP contribution in [-0.4, -0.2) is 51.5 Å². The van der Waals surface area contributed by atoms with Crippen molar-refractivity contribution in [3.8, 4) is 0 Å². The fraction of sp³-hybridized carbons (Fsp3) is 0.750. The molecule has 102 valence electrons. The van der Waals surface area contributed by atoms with Crippen molar-refractivity contribution in [2.24, 2.45) is 0 Å². The Morgan fingerprint density at radius 2 is 2.44 bits per heavy atom. The van der Waals surface area contributed by atoms with Crippen LogP contribution < -0.4 is 10.2 Å². The van der Waals surface area contributed by atoms with E-state index in [2.05, 4.69) is 15.2 Å². The second kappa shape index (κ2) is 7.04. The van der Waals surface area contributed by atoms with Crippen LogP contribution in [-0.2, 0) is 16.0 Å². The number of thiazole rings is 1. The maximum Gasteiger partial charge on any atom is 0.185 e. The van der Waals surface area contributed by atoms with Gasteiger partial charge < -0.3 is 19.7 Å². The molecule has 2 heterocycles. The zero-order valence-electron chi connectivity index (χ0n) is 11.0.